The molecule has 1 aromatic heterocycles. The van der Waals surface area contributed by atoms with Crippen LogP contribution in [-0.4, -0.2) is 22.7 Å². The molecule has 0 aromatic carbocycles. The summed E-state index contributed by atoms with van der Waals surface area (Å²) in [7, 11) is 0. The van der Waals surface area contributed by atoms with E-state index in [0.29, 0.717) is 11.5 Å². The molecule has 2 unspecified atom stereocenters. The maximum atomic E-state index is 9.62. The van der Waals surface area contributed by atoms with Crippen LogP contribution < -0.4 is 5.32 Å². The maximum absolute atomic E-state index is 9.62. The normalized spacial score (nSPS) is 23.4. The van der Waals surface area contributed by atoms with Gasteiger partial charge in [-0.3, -0.25) is 0 Å². The number of aromatic nitrogens is 1. The van der Waals surface area contributed by atoms with Crippen molar-refractivity contribution in [2.75, 3.05) is 11.9 Å². The van der Waals surface area contributed by atoms with Crippen LogP contribution in [0.15, 0.2) is 12.1 Å². The van der Waals surface area contributed by atoms with E-state index in [-0.39, 0.29) is 6.10 Å². The van der Waals surface area contributed by atoms with E-state index in [2.05, 4.69) is 16.4 Å². The third-order valence-electron chi connectivity index (χ3n) is 3.41. The highest BCUT2D eigenvalue weighted by molar-refractivity contribution is 5.44. The molecule has 1 heterocycles. The summed E-state index contributed by atoms with van der Waals surface area (Å²) in [5.41, 5.74) is 1.48. The van der Waals surface area contributed by atoms with Crippen molar-refractivity contribution in [1.29, 1.82) is 5.26 Å². The Balaban J connectivity index is 1.93. The van der Waals surface area contributed by atoms with Crippen molar-refractivity contribution in [3.63, 3.8) is 0 Å². The summed E-state index contributed by atoms with van der Waals surface area (Å²) in [4.78, 5) is 4.36. The number of hydrogen-bond acceptors (Lipinski definition) is 4. The fourth-order valence-electron chi connectivity index (χ4n) is 2.52. The van der Waals surface area contributed by atoms with Crippen LogP contribution in [0.5, 0.6) is 0 Å². The van der Waals surface area contributed by atoms with Crippen molar-refractivity contribution >= 4 is 5.82 Å². The lowest BCUT2D eigenvalue weighted by Crippen LogP contribution is -2.25. The molecule has 1 fully saturated rings. The molecular weight excluding hydrogens is 226 g/mol. The number of nitriles is 1. The standard InChI is InChI=1S/C14H19N3O/c1-10-5-12(8-15)7-14(17-10)16-9-11-3-2-4-13(18)6-11/h5,7,11,13,18H,2-4,6,9H2,1H3,(H,16,17). The van der Waals surface area contributed by atoms with Crippen LogP contribution in [0.2, 0.25) is 0 Å². The number of pyridine rings is 1. The zero-order valence-corrected chi connectivity index (χ0v) is 10.7. The molecule has 1 aliphatic carbocycles. The van der Waals surface area contributed by atoms with E-state index < -0.39 is 0 Å². The van der Waals surface area contributed by atoms with Crippen molar-refractivity contribution < 1.29 is 5.11 Å². The molecule has 2 N–H and O–H groups in total. The Morgan fingerprint density at radius 1 is 1.50 bits per heavy atom. The number of rotatable bonds is 3. The molecule has 4 heteroatoms. The minimum atomic E-state index is -0.148. The highest BCUT2D eigenvalue weighted by atomic mass is 16.3. The predicted octanol–water partition coefficient (Wildman–Crippen LogP) is 2.22. The first-order valence-corrected chi connectivity index (χ1v) is 6.48. The van der Waals surface area contributed by atoms with E-state index in [1.54, 1.807) is 12.1 Å². The number of nitrogens with one attached hydrogen (secondary N) is 1. The average molecular weight is 245 g/mol. The molecule has 0 spiro atoms. The van der Waals surface area contributed by atoms with Crippen molar-refractivity contribution in [3.05, 3.63) is 23.4 Å². The van der Waals surface area contributed by atoms with Gasteiger partial charge < -0.3 is 10.4 Å². The second kappa shape index (κ2) is 5.83. The van der Waals surface area contributed by atoms with Gasteiger partial charge in [0.05, 0.1) is 17.7 Å². The van der Waals surface area contributed by atoms with Gasteiger partial charge in [-0.1, -0.05) is 6.42 Å². The molecule has 0 saturated heterocycles. The molecule has 4 nitrogen and oxygen atoms in total. The highest BCUT2D eigenvalue weighted by Gasteiger charge is 2.19. The maximum Gasteiger partial charge on any atom is 0.127 e. The SMILES string of the molecule is Cc1cc(C#N)cc(NCC2CCCC(O)C2)n1. The van der Waals surface area contributed by atoms with Gasteiger partial charge in [0, 0.05) is 12.2 Å². The minimum absolute atomic E-state index is 0.148. The van der Waals surface area contributed by atoms with Gasteiger partial charge in [0.1, 0.15) is 5.82 Å². The van der Waals surface area contributed by atoms with Crippen LogP contribution in [0.3, 0.4) is 0 Å². The van der Waals surface area contributed by atoms with Crippen LogP contribution in [0.1, 0.15) is 36.9 Å². The van der Waals surface area contributed by atoms with Gasteiger partial charge in [-0.2, -0.15) is 5.26 Å². The number of nitrogens with zero attached hydrogens (tertiary/aromatic N) is 2. The second-order valence-electron chi connectivity index (χ2n) is 5.06. The largest absolute Gasteiger partial charge is 0.393 e. The van der Waals surface area contributed by atoms with Crippen LogP contribution in [0.25, 0.3) is 0 Å². The molecule has 96 valence electrons. The summed E-state index contributed by atoms with van der Waals surface area (Å²) >= 11 is 0. The lowest BCUT2D eigenvalue weighted by molar-refractivity contribution is 0.104. The number of hydrogen-bond donors (Lipinski definition) is 2. The molecule has 0 amide bonds. The van der Waals surface area contributed by atoms with Gasteiger partial charge >= 0.3 is 0 Å². The molecule has 1 aromatic rings. The second-order valence-corrected chi connectivity index (χ2v) is 5.06. The quantitative estimate of drug-likeness (QED) is 0.856. The topological polar surface area (TPSA) is 68.9 Å². The fourth-order valence-corrected chi connectivity index (χ4v) is 2.52. The van der Waals surface area contributed by atoms with Gasteiger partial charge in [0.25, 0.3) is 0 Å². The Labute approximate surface area is 108 Å². The Morgan fingerprint density at radius 2 is 2.33 bits per heavy atom. The summed E-state index contributed by atoms with van der Waals surface area (Å²) in [6, 6.07) is 5.68. The van der Waals surface area contributed by atoms with Crippen molar-refractivity contribution in [3.8, 4) is 6.07 Å². The average Bonchev–Trinajstić information content (AvgIpc) is 2.36. The summed E-state index contributed by atoms with van der Waals surface area (Å²) in [6.07, 6.45) is 3.90. The van der Waals surface area contributed by atoms with E-state index >= 15 is 0 Å². The first-order chi connectivity index (χ1) is 8.67. The smallest absolute Gasteiger partial charge is 0.127 e. The lowest BCUT2D eigenvalue weighted by atomic mass is 9.87. The van der Waals surface area contributed by atoms with Gasteiger partial charge in [-0.05, 0) is 44.2 Å². The van der Waals surface area contributed by atoms with Crippen LogP contribution >= 0.6 is 0 Å². The van der Waals surface area contributed by atoms with Crippen molar-refractivity contribution in [1.82, 2.24) is 4.98 Å². The van der Waals surface area contributed by atoms with Crippen molar-refractivity contribution in [2.24, 2.45) is 5.92 Å². The Kier molecular flexibility index (Phi) is 4.16. The zero-order valence-electron chi connectivity index (χ0n) is 10.7. The van der Waals surface area contributed by atoms with E-state index in [1.807, 2.05) is 6.92 Å². The lowest BCUT2D eigenvalue weighted by Gasteiger charge is -2.26. The number of aryl methyl sites for hydroxylation is 1. The van der Waals surface area contributed by atoms with Gasteiger partial charge in [-0.25, -0.2) is 4.98 Å². The molecule has 0 bridgehead atoms. The van der Waals surface area contributed by atoms with Gasteiger partial charge in [0.2, 0.25) is 0 Å². The molecule has 2 rings (SSSR count). The molecule has 0 aliphatic heterocycles. The van der Waals surface area contributed by atoms with E-state index in [9.17, 15) is 5.11 Å². The molecule has 1 aliphatic rings. The summed E-state index contributed by atoms with van der Waals surface area (Å²) in [5.74, 6) is 1.26. The fraction of sp³-hybridized carbons (Fsp3) is 0.571. The Hall–Kier alpha value is -1.60. The third kappa shape index (κ3) is 3.44. The monoisotopic (exact) mass is 245 g/mol. The molecular formula is C14H19N3O. The first kappa shape index (κ1) is 12.8. The summed E-state index contributed by atoms with van der Waals surface area (Å²) < 4.78 is 0. The summed E-state index contributed by atoms with van der Waals surface area (Å²) in [5, 5.41) is 21.8. The Bertz CT molecular complexity index is 453. The predicted molar refractivity (Wildman–Crippen MR) is 70.1 cm³/mol. The molecule has 0 radical (unpaired) electrons. The third-order valence-corrected chi connectivity index (χ3v) is 3.41. The summed E-state index contributed by atoms with van der Waals surface area (Å²) in [6.45, 7) is 2.70. The molecule has 18 heavy (non-hydrogen) atoms. The number of anilines is 1. The van der Waals surface area contributed by atoms with E-state index in [1.165, 1.54) is 0 Å². The highest BCUT2D eigenvalue weighted by Crippen LogP contribution is 2.24. The van der Waals surface area contributed by atoms with E-state index in [0.717, 1.165) is 43.7 Å². The first-order valence-electron chi connectivity index (χ1n) is 6.48. The van der Waals surface area contributed by atoms with Crippen LogP contribution in [0, 0.1) is 24.2 Å². The zero-order chi connectivity index (χ0) is 13.0. The minimum Gasteiger partial charge on any atom is -0.393 e. The number of aliphatic hydroxyl groups excluding tert-OH is 1. The van der Waals surface area contributed by atoms with Gasteiger partial charge in [0.15, 0.2) is 0 Å². The van der Waals surface area contributed by atoms with E-state index in [4.69, 9.17) is 5.26 Å². The van der Waals surface area contributed by atoms with Crippen LogP contribution in [-0.2, 0) is 0 Å². The Morgan fingerprint density at radius 3 is 3.06 bits per heavy atom. The number of aliphatic hydroxyl groups is 1. The molecule has 1 saturated carbocycles. The molecule has 2 atom stereocenters. The van der Waals surface area contributed by atoms with Crippen molar-refractivity contribution in [2.45, 2.75) is 38.7 Å². The van der Waals surface area contributed by atoms with Crippen LogP contribution in [0.4, 0.5) is 5.82 Å². The van der Waals surface area contributed by atoms with Gasteiger partial charge in [-0.15, -0.1) is 0 Å².